The number of nitrogens with one attached hydrogen (secondary N) is 1. The fourth-order valence-electron chi connectivity index (χ4n) is 3.17. The predicted molar refractivity (Wildman–Crippen MR) is 129 cm³/mol. The number of amides is 2. The van der Waals surface area contributed by atoms with Crippen molar-refractivity contribution in [2.45, 2.75) is 25.9 Å². The number of hydrogen-bond donors (Lipinski definition) is 1. The van der Waals surface area contributed by atoms with Crippen molar-refractivity contribution in [3.63, 3.8) is 0 Å². The molecule has 11 heteroatoms. The van der Waals surface area contributed by atoms with Crippen LogP contribution in [0.5, 0.6) is 0 Å². The molecule has 174 valence electrons. The van der Waals surface area contributed by atoms with Gasteiger partial charge >= 0.3 is 0 Å². The van der Waals surface area contributed by atoms with Gasteiger partial charge in [0.2, 0.25) is 21.8 Å². The summed E-state index contributed by atoms with van der Waals surface area (Å²) in [6.07, 6.45) is 1.29. The number of benzene rings is 2. The number of carbonyl (C=O) groups excluding carboxylic acids is 2. The van der Waals surface area contributed by atoms with E-state index in [-0.39, 0.29) is 23.2 Å². The van der Waals surface area contributed by atoms with Crippen LogP contribution in [0.4, 0.5) is 5.69 Å². The lowest BCUT2D eigenvalue weighted by Gasteiger charge is -2.33. The fraction of sp³-hybridized carbons (Fsp3) is 0.333. The van der Waals surface area contributed by atoms with Crippen LogP contribution in [-0.4, -0.2) is 51.0 Å². The Hall–Kier alpha value is -2.00. The average molecular weight is 521 g/mol. The van der Waals surface area contributed by atoms with E-state index in [1.54, 1.807) is 31.2 Å². The highest BCUT2D eigenvalue weighted by Gasteiger charge is 2.32. The van der Waals surface area contributed by atoms with Gasteiger partial charge in [0.05, 0.1) is 17.0 Å². The van der Waals surface area contributed by atoms with E-state index in [9.17, 15) is 18.0 Å². The number of hydrogen-bond acceptors (Lipinski definition) is 4. The minimum absolute atomic E-state index is 0.0242. The Morgan fingerprint density at radius 3 is 2.25 bits per heavy atom. The number of likely N-dealkylation sites (N-methyl/N-ethyl adjacent to an activating group) is 1. The molecule has 1 atom stereocenters. The average Bonchev–Trinajstić information content (AvgIpc) is 2.72. The van der Waals surface area contributed by atoms with Gasteiger partial charge in [-0.2, -0.15) is 0 Å². The van der Waals surface area contributed by atoms with E-state index in [0.717, 1.165) is 10.6 Å². The van der Waals surface area contributed by atoms with Crippen molar-refractivity contribution in [3.05, 3.63) is 63.1 Å². The summed E-state index contributed by atoms with van der Waals surface area (Å²) in [4.78, 5) is 27.2. The van der Waals surface area contributed by atoms with Crippen LogP contribution in [0.15, 0.2) is 42.5 Å². The van der Waals surface area contributed by atoms with Crippen molar-refractivity contribution in [1.82, 2.24) is 10.2 Å². The topological polar surface area (TPSA) is 86.8 Å². The summed E-state index contributed by atoms with van der Waals surface area (Å²) in [6, 6.07) is 10.4. The normalized spacial score (nSPS) is 12.2. The molecule has 0 spiro atoms. The molecule has 0 aliphatic carbocycles. The lowest BCUT2D eigenvalue weighted by molar-refractivity contribution is -0.140. The van der Waals surface area contributed by atoms with Crippen LogP contribution < -0.4 is 9.62 Å². The summed E-state index contributed by atoms with van der Waals surface area (Å²) in [7, 11) is -2.42. The standard InChI is InChI=1S/C21H24Cl3N3O4S/c1-4-18(21(29)25-2)26(12-14-7-5-6-8-16(14)23)20(28)13-27(32(3,30)31)19-10-9-15(22)11-17(19)24/h5-11,18H,4,12-13H2,1-3H3,(H,25,29)/t18-/m1/s1. The molecule has 2 rings (SSSR count). The van der Waals surface area contributed by atoms with Crippen molar-refractivity contribution >= 4 is 62.3 Å². The first kappa shape index (κ1) is 26.3. The van der Waals surface area contributed by atoms with Gasteiger partial charge in [-0.05, 0) is 36.2 Å². The molecule has 2 aromatic rings. The van der Waals surface area contributed by atoms with Crippen molar-refractivity contribution in [2.75, 3.05) is 24.2 Å². The summed E-state index contributed by atoms with van der Waals surface area (Å²) >= 11 is 18.4. The molecule has 2 amide bonds. The minimum atomic E-state index is -3.89. The molecule has 0 aromatic heterocycles. The number of anilines is 1. The number of rotatable bonds is 9. The van der Waals surface area contributed by atoms with Gasteiger partial charge in [0.25, 0.3) is 0 Å². The maximum absolute atomic E-state index is 13.4. The Labute approximate surface area is 203 Å². The van der Waals surface area contributed by atoms with Crippen molar-refractivity contribution in [3.8, 4) is 0 Å². The van der Waals surface area contributed by atoms with Crippen molar-refractivity contribution in [1.29, 1.82) is 0 Å². The summed E-state index contributed by atoms with van der Waals surface area (Å²) in [6.45, 7) is 1.23. The number of sulfonamides is 1. The van der Waals surface area contributed by atoms with E-state index in [1.165, 1.54) is 30.1 Å². The highest BCUT2D eigenvalue weighted by molar-refractivity contribution is 7.92. The molecule has 0 heterocycles. The zero-order valence-electron chi connectivity index (χ0n) is 17.8. The van der Waals surface area contributed by atoms with Gasteiger partial charge in [-0.3, -0.25) is 13.9 Å². The van der Waals surface area contributed by atoms with Crippen LogP contribution >= 0.6 is 34.8 Å². The molecule has 0 radical (unpaired) electrons. The number of carbonyl (C=O) groups is 2. The molecule has 0 fully saturated rings. The molecular formula is C21H24Cl3N3O4S. The summed E-state index contributed by atoms with van der Waals surface area (Å²) in [5.41, 5.74) is 0.734. The first-order chi connectivity index (χ1) is 15.0. The molecule has 0 saturated carbocycles. The molecule has 1 N–H and O–H groups in total. The van der Waals surface area contributed by atoms with Gasteiger partial charge in [-0.15, -0.1) is 0 Å². The SMILES string of the molecule is CC[C@H](C(=O)NC)N(Cc1ccccc1Cl)C(=O)CN(c1ccc(Cl)cc1Cl)S(C)(=O)=O. The Morgan fingerprint density at radius 1 is 1.06 bits per heavy atom. The van der Waals surface area contributed by atoms with Crippen LogP contribution in [0, 0.1) is 0 Å². The summed E-state index contributed by atoms with van der Waals surface area (Å²) in [5.74, 6) is -0.958. The van der Waals surface area contributed by atoms with Crippen LogP contribution in [0.25, 0.3) is 0 Å². The largest absolute Gasteiger partial charge is 0.357 e. The smallest absolute Gasteiger partial charge is 0.244 e. The van der Waals surface area contributed by atoms with Gasteiger partial charge in [0.1, 0.15) is 12.6 Å². The van der Waals surface area contributed by atoms with Gasteiger partial charge in [0, 0.05) is 23.6 Å². The molecule has 0 aliphatic heterocycles. The Morgan fingerprint density at radius 2 is 1.72 bits per heavy atom. The van der Waals surface area contributed by atoms with E-state index in [2.05, 4.69) is 5.32 Å². The molecule has 0 unspecified atom stereocenters. The van der Waals surface area contributed by atoms with Gasteiger partial charge in [-0.1, -0.05) is 59.9 Å². The van der Waals surface area contributed by atoms with Gasteiger partial charge in [-0.25, -0.2) is 8.42 Å². The number of nitrogens with zero attached hydrogens (tertiary/aromatic N) is 2. The lowest BCUT2D eigenvalue weighted by atomic mass is 10.1. The second-order valence-electron chi connectivity index (χ2n) is 7.02. The Kier molecular flexibility index (Phi) is 9.21. The quantitative estimate of drug-likeness (QED) is 0.542. The zero-order valence-corrected chi connectivity index (χ0v) is 20.9. The molecule has 0 bridgehead atoms. The summed E-state index contributed by atoms with van der Waals surface area (Å²) in [5, 5.41) is 3.38. The highest BCUT2D eigenvalue weighted by Crippen LogP contribution is 2.30. The Balaban J connectivity index is 2.48. The number of halogens is 3. The molecule has 7 nitrogen and oxygen atoms in total. The molecule has 0 saturated heterocycles. The molecule has 2 aromatic carbocycles. The van der Waals surface area contributed by atoms with Crippen LogP contribution in [-0.2, 0) is 26.2 Å². The highest BCUT2D eigenvalue weighted by atomic mass is 35.5. The van der Waals surface area contributed by atoms with Crippen LogP contribution in [0.1, 0.15) is 18.9 Å². The molecular weight excluding hydrogens is 497 g/mol. The Bertz CT molecular complexity index is 1100. The second-order valence-corrected chi connectivity index (χ2v) is 10.2. The summed E-state index contributed by atoms with van der Waals surface area (Å²) < 4.78 is 26.0. The second kappa shape index (κ2) is 11.2. The van der Waals surface area contributed by atoms with E-state index >= 15 is 0 Å². The van der Waals surface area contributed by atoms with Crippen LogP contribution in [0.2, 0.25) is 15.1 Å². The molecule has 0 aliphatic rings. The fourth-order valence-corrected chi connectivity index (χ4v) is 4.79. The van der Waals surface area contributed by atoms with E-state index in [4.69, 9.17) is 34.8 Å². The van der Waals surface area contributed by atoms with Gasteiger partial charge in [0.15, 0.2) is 0 Å². The van der Waals surface area contributed by atoms with E-state index in [1.807, 2.05) is 0 Å². The molecule has 32 heavy (non-hydrogen) atoms. The van der Waals surface area contributed by atoms with Crippen molar-refractivity contribution < 1.29 is 18.0 Å². The lowest BCUT2D eigenvalue weighted by Crippen LogP contribution is -2.51. The first-order valence-electron chi connectivity index (χ1n) is 9.66. The van der Waals surface area contributed by atoms with Crippen molar-refractivity contribution in [2.24, 2.45) is 0 Å². The maximum atomic E-state index is 13.4. The maximum Gasteiger partial charge on any atom is 0.244 e. The van der Waals surface area contributed by atoms with Gasteiger partial charge < -0.3 is 10.2 Å². The third-order valence-electron chi connectivity index (χ3n) is 4.79. The third-order valence-corrected chi connectivity index (χ3v) is 6.82. The van der Waals surface area contributed by atoms with E-state index in [0.29, 0.717) is 22.0 Å². The van der Waals surface area contributed by atoms with Crippen LogP contribution in [0.3, 0.4) is 0 Å². The predicted octanol–water partition coefficient (Wildman–Crippen LogP) is 3.97. The third kappa shape index (κ3) is 6.51. The first-order valence-corrected chi connectivity index (χ1v) is 12.6. The zero-order chi connectivity index (χ0) is 24.1. The monoisotopic (exact) mass is 519 g/mol. The minimum Gasteiger partial charge on any atom is -0.357 e. The van der Waals surface area contributed by atoms with E-state index < -0.39 is 28.5 Å².